The van der Waals surface area contributed by atoms with E-state index in [-0.39, 0.29) is 12.5 Å². The third-order valence-electron chi connectivity index (χ3n) is 4.53. The Labute approximate surface area is 128 Å². The smallest absolute Gasteiger partial charge is 0.317 e. The van der Waals surface area contributed by atoms with E-state index in [9.17, 15) is 9.59 Å². The number of nitrogens with zero attached hydrogens (tertiary/aromatic N) is 1. The molecule has 1 unspecified atom stereocenters. The molecular formula is C16H30N2O3. The monoisotopic (exact) mass is 298 g/mol. The van der Waals surface area contributed by atoms with E-state index in [0.29, 0.717) is 24.8 Å². The van der Waals surface area contributed by atoms with Gasteiger partial charge in [-0.2, -0.15) is 0 Å². The number of carboxylic acid groups (broad SMARTS) is 1. The first kappa shape index (κ1) is 17.8. The number of rotatable bonds is 9. The van der Waals surface area contributed by atoms with Crippen molar-refractivity contribution in [3.05, 3.63) is 0 Å². The van der Waals surface area contributed by atoms with E-state index in [1.807, 2.05) is 7.05 Å². The van der Waals surface area contributed by atoms with E-state index in [2.05, 4.69) is 12.2 Å². The molecule has 21 heavy (non-hydrogen) atoms. The molecular weight excluding hydrogens is 268 g/mol. The lowest BCUT2D eigenvalue weighted by molar-refractivity contribution is -0.137. The molecule has 0 aromatic heterocycles. The lowest BCUT2D eigenvalue weighted by atomic mass is 9.97. The Balaban J connectivity index is 2.16. The van der Waals surface area contributed by atoms with Crippen molar-refractivity contribution in [2.45, 2.75) is 58.3 Å². The minimum atomic E-state index is -0.742. The van der Waals surface area contributed by atoms with Crippen LogP contribution >= 0.6 is 0 Å². The van der Waals surface area contributed by atoms with Gasteiger partial charge in [0.1, 0.15) is 0 Å². The summed E-state index contributed by atoms with van der Waals surface area (Å²) >= 11 is 0. The number of hydrogen-bond acceptors (Lipinski definition) is 2. The van der Waals surface area contributed by atoms with Gasteiger partial charge in [-0.25, -0.2) is 4.79 Å². The highest BCUT2D eigenvalue weighted by molar-refractivity contribution is 5.73. The van der Waals surface area contributed by atoms with Crippen LogP contribution in [0.5, 0.6) is 0 Å². The third kappa shape index (κ3) is 7.34. The highest BCUT2D eigenvalue weighted by Gasteiger charge is 2.19. The van der Waals surface area contributed by atoms with E-state index >= 15 is 0 Å². The van der Waals surface area contributed by atoms with Crippen LogP contribution in [0.25, 0.3) is 0 Å². The summed E-state index contributed by atoms with van der Waals surface area (Å²) in [5.74, 6) is 0.301. The van der Waals surface area contributed by atoms with Crippen molar-refractivity contribution in [3.8, 4) is 0 Å². The maximum absolute atomic E-state index is 12.0. The summed E-state index contributed by atoms with van der Waals surface area (Å²) in [5.41, 5.74) is 0. The lowest BCUT2D eigenvalue weighted by Gasteiger charge is -2.22. The van der Waals surface area contributed by atoms with Crippen molar-refractivity contribution in [1.29, 1.82) is 0 Å². The molecule has 0 heterocycles. The van der Waals surface area contributed by atoms with Crippen molar-refractivity contribution in [3.63, 3.8) is 0 Å². The fraction of sp³-hybridized carbons (Fsp3) is 0.875. The molecule has 5 nitrogen and oxygen atoms in total. The van der Waals surface area contributed by atoms with Crippen LogP contribution < -0.4 is 5.32 Å². The maximum Gasteiger partial charge on any atom is 0.317 e. The molecule has 122 valence electrons. The zero-order chi connectivity index (χ0) is 15.7. The molecule has 5 heteroatoms. The molecule has 0 spiro atoms. The van der Waals surface area contributed by atoms with Crippen LogP contribution in [0.2, 0.25) is 0 Å². The minimum absolute atomic E-state index is 0.00464. The summed E-state index contributed by atoms with van der Waals surface area (Å²) in [6, 6.07) is -0.00464. The van der Waals surface area contributed by atoms with Gasteiger partial charge in [0.15, 0.2) is 0 Å². The van der Waals surface area contributed by atoms with Crippen LogP contribution in [0, 0.1) is 11.8 Å². The second kappa shape index (κ2) is 9.64. The summed E-state index contributed by atoms with van der Waals surface area (Å²) in [6.45, 7) is 3.55. The third-order valence-corrected chi connectivity index (χ3v) is 4.53. The van der Waals surface area contributed by atoms with E-state index in [4.69, 9.17) is 5.11 Å². The Kier molecular flexibility index (Phi) is 8.16. The van der Waals surface area contributed by atoms with E-state index in [1.165, 1.54) is 25.7 Å². The van der Waals surface area contributed by atoms with Crippen LogP contribution in [0.4, 0.5) is 4.79 Å². The normalized spacial score (nSPS) is 16.7. The Bertz CT molecular complexity index is 327. The predicted molar refractivity (Wildman–Crippen MR) is 83.3 cm³/mol. The minimum Gasteiger partial charge on any atom is -0.481 e. The van der Waals surface area contributed by atoms with E-state index in [0.717, 1.165) is 19.4 Å². The Morgan fingerprint density at radius 2 is 1.95 bits per heavy atom. The molecule has 1 aliphatic rings. The van der Waals surface area contributed by atoms with Crippen molar-refractivity contribution < 1.29 is 14.7 Å². The summed E-state index contributed by atoms with van der Waals surface area (Å²) in [4.78, 5) is 24.4. The van der Waals surface area contributed by atoms with E-state index in [1.54, 1.807) is 4.90 Å². The van der Waals surface area contributed by atoms with Gasteiger partial charge < -0.3 is 15.3 Å². The number of aliphatic carboxylic acids is 1. The van der Waals surface area contributed by atoms with Crippen LogP contribution in [-0.2, 0) is 4.79 Å². The summed E-state index contributed by atoms with van der Waals surface area (Å²) in [7, 11) is 1.86. The largest absolute Gasteiger partial charge is 0.481 e. The number of hydrogen-bond donors (Lipinski definition) is 2. The van der Waals surface area contributed by atoms with Gasteiger partial charge in [-0.05, 0) is 37.5 Å². The number of amides is 2. The average molecular weight is 298 g/mol. The molecule has 1 rings (SSSR count). The van der Waals surface area contributed by atoms with Gasteiger partial charge in [0.2, 0.25) is 0 Å². The molecule has 1 fully saturated rings. The molecule has 2 N–H and O–H groups in total. The second-order valence-corrected chi connectivity index (χ2v) is 6.26. The molecule has 0 saturated heterocycles. The first-order valence-corrected chi connectivity index (χ1v) is 8.23. The Morgan fingerprint density at radius 3 is 2.52 bits per heavy atom. The number of nitrogens with one attached hydrogen (secondary N) is 1. The maximum atomic E-state index is 12.0. The second-order valence-electron chi connectivity index (χ2n) is 6.26. The molecule has 2 amide bonds. The lowest BCUT2D eigenvalue weighted by Crippen LogP contribution is -2.40. The van der Waals surface area contributed by atoms with Crippen LogP contribution in [0.1, 0.15) is 58.3 Å². The average Bonchev–Trinajstić information content (AvgIpc) is 2.94. The van der Waals surface area contributed by atoms with Gasteiger partial charge >= 0.3 is 12.0 Å². The first-order valence-electron chi connectivity index (χ1n) is 8.23. The molecule has 1 aliphatic carbocycles. The molecule has 1 atom stereocenters. The van der Waals surface area contributed by atoms with Crippen LogP contribution in [-0.4, -0.2) is 42.1 Å². The summed E-state index contributed by atoms with van der Waals surface area (Å²) < 4.78 is 0. The van der Waals surface area contributed by atoms with Crippen molar-refractivity contribution in [2.24, 2.45) is 11.8 Å². The first-order chi connectivity index (χ1) is 10.0. The van der Waals surface area contributed by atoms with Crippen LogP contribution in [0.3, 0.4) is 0 Å². The number of urea groups is 1. The van der Waals surface area contributed by atoms with E-state index < -0.39 is 5.97 Å². The fourth-order valence-electron chi connectivity index (χ4n) is 3.06. The van der Waals surface area contributed by atoms with Crippen molar-refractivity contribution >= 4 is 12.0 Å². The van der Waals surface area contributed by atoms with Gasteiger partial charge in [-0.3, -0.25) is 4.79 Å². The zero-order valence-electron chi connectivity index (χ0n) is 13.4. The topological polar surface area (TPSA) is 69.6 Å². The zero-order valence-corrected chi connectivity index (χ0v) is 13.4. The fourth-order valence-corrected chi connectivity index (χ4v) is 3.06. The SMILES string of the molecule is CCC(CCNC(=O)N(C)CC1CCCC1)CCC(=O)O. The quantitative estimate of drug-likeness (QED) is 0.687. The predicted octanol–water partition coefficient (Wildman–Crippen LogP) is 3.10. The summed E-state index contributed by atoms with van der Waals surface area (Å²) in [5, 5.41) is 11.7. The van der Waals surface area contributed by atoms with Crippen LogP contribution in [0.15, 0.2) is 0 Å². The van der Waals surface area contributed by atoms with Gasteiger partial charge in [0.25, 0.3) is 0 Å². The summed E-state index contributed by atoms with van der Waals surface area (Å²) in [6.07, 6.45) is 7.79. The highest BCUT2D eigenvalue weighted by Crippen LogP contribution is 2.25. The number of carbonyl (C=O) groups excluding carboxylic acids is 1. The Morgan fingerprint density at radius 1 is 1.29 bits per heavy atom. The molecule has 1 saturated carbocycles. The van der Waals surface area contributed by atoms with Gasteiger partial charge in [0.05, 0.1) is 0 Å². The number of carboxylic acids is 1. The van der Waals surface area contributed by atoms with Gasteiger partial charge in [-0.1, -0.05) is 26.2 Å². The number of carbonyl (C=O) groups is 2. The highest BCUT2D eigenvalue weighted by atomic mass is 16.4. The molecule has 0 radical (unpaired) electrons. The molecule has 0 aromatic rings. The van der Waals surface area contributed by atoms with Crippen molar-refractivity contribution in [2.75, 3.05) is 20.1 Å². The van der Waals surface area contributed by atoms with Gasteiger partial charge in [0, 0.05) is 26.6 Å². The van der Waals surface area contributed by atoms with Crippen molar-refractivity contribution in [1.82, 2.24) is 10.2 Å². The Hall–Kier alpha value is -1.26. The standard InChI is InChI=1S/C16H30N2O3/c1-3-13(8-9-15(19)20)10-11-17-16(21)18(2)12-14-6-4-5-7-14/h13-14H,3-12H2,1-2H3,(H,17,21)(H,19,20). The molecule has 0 aromatic carbocycles. The molecule has 0 aliphatic heterocycles. The van der Waals surface area contributed by atoms with Gasteiger partial charge in [-0.15, -0.1) is 0 Å². The molecule has 0 bridgehead atoms.